The fourth-order valence-corrected chi connectivity index (χ4v) is 2.78. The highest BCUT2D eigenvalue weighted by atomic mass is 32.1. The Labute approximate surface area is 97.1 Å². The third kappa shape index (κ3) is 3.30. The van der Waals surface area contributed by atoms with Crippen LogP contribution in [0.25, 0.3) is 0 Å². The van der Waals surface area contributed by atoms with E-state index in [2.05, 4.69) is 43.3 Å². The zero-order valence-corrected chi connectivity index (χ0v) is 10.8. The standard InChI is InChI=1S/C12H22N2S/c1-4-6-10(2)14(3)11(9-13)12-7-5-8-15-12/h5,7-8,10-11H,4,6,9,13H2,1-3H3. The Morgan fingerprint density at radius 2 is 2.27 bits per heavy atom. The minimum absolute atomic E-state index is 0.381. The van der Waals surface area contributed by atoms with Crippen molar-refractivity contribution in [3.8, 4) is 0 Å². The first-order valence-corrected chi connectivity index (χ1v) is 6.54. The van der Waals surface area contributed by atoms with Crippen molar-refractivity contribution >= 4 is 11.3 Å². The van der Waals surface area contributed by atoms with Crippen LogP contribution in [0.5, 0.6) is 0 Å². The van der Waals surface area contributed by atoms with Crippen LogP contribution in [0.15, 0.2) is 17.5 Å². The maximum atomic E-state index is 5.86. The van der Waals surface area contributed by atoms with Gasteiger partial charge in [-0.1, -0.05) is 19.4 Å². The minimum atomic E-state index is 0.381. The summed E-state index contributed by atoms with van der Waals surface area (Å²) in [6.45, 7) is 5.21. The first kappa shape index (κ1) is 12.7. The van der Waals surface area contributed by atoms with Crippen molar-refractivity contribution in [1.82, 2.24) is 4.90 Å². The molecule has 0 aliphatic carbocycles. The smallest absolute Gasteiger partial charge is 0.0564 e. The molecule has 0 spiro atoms. The summed E-state index contributed by atoms with van der Waals surface area (Å²) in [4.78, 5) is 3.78. The fourth-order valence-electron chi connectivity index (χ4n) is 1.89. The summed E-state index contributed by atoms with van der Waals surface area (Å²) in [7, 11) is 2.18. The van der Waals surface area contributed by atoms with E-state index in [1.807, 2.05) is 0 Å². The predicted octanol–water partition coefficient (Wildman–Crippen LogP) is 2.87. The Bertz CT molecular complexity index is 259. The van der Waals surface area contributed by atoms with Crippen molar-refractivity contribution in [2.45, 2.75) is 38.8 Å². The molecule has 0 bridgehead atoms. The lowest BCUT2D eigenvalue weighted by molar-refractivity contribution is 0.182. The van der Waals surface area contributed by atoms with Gasteiger partial charge in [0.05, 0.1) is 6.04 Å². The number of thiophene rings is 1. The van der Waals surface area contributed by atoms with Crippen LogP contribution in [0.4, 0.5) is 0 Å². The number of likely N-dealkylation sites (N-methyl/N-ethyl adjacent to an activating group) is 1. The van der Waals surface area contributed by atoms with Gasteiger partial charge in [0, 0.05) is 17.5 Å². The molecule has 1 rings (SSSR count). The Hall–Kier alpha value is -0.380. The summed E-state index contributed by atoms with van der Waals surface area (Å²) in [5.74, 6) is 0. The molecule has 1 aromatic heterocycles. The van der Waals surface area contributed by atoms with Gasteiger partial charge in [0.2, 0.25) is 0 Å². The highest BCUT2D eigenvalue weighted by Gasteiger charge is 2.20. The molecule has 0 aliphatic rings. The van der Waals surface area contributed by atoms with Gasteiger partial charge >= 0.3 is 0 Å². The molecule has 0 aromatic carbocycles. The van der Waals surface area contributed by atoms with E-state index < -0.39 is 0 Å². The first-order valence-electron chi connectivity index (χ1n) is 5.66. The van der Waals surface area contributed by atoms with Crippen LogP contribution in [0.3, 0.4) is 0 Å². The molecule has 86 valence electrons. The van der Waals surface area contributed by atoms with Gasteiger partial charge in [-0.3, -0.25) is 4.90 Å². The van der Waals surface area contributed by atoms with Crippen LogP contribution in [0.2, 0.25) is 0 Å². The van der Waals surface area contributed by atoms with Crippen molar-refractivity contribution in [1.29, 1.82) is 0 Å². The number of nitrogens with two attached hydrogens (primary N) is 1. The second-order valence-electron chi connectivity index (χ2n) is 4.07. The largest absolute Gasteiger partial charge is 0.329 e. The van der Waals surface area contributed by atoms with Gasteiger partial charge in [-0.25, -0.2) is 0 Å². The van der Waals surface area contributed by atoms with Gasteiger partial charge in [-0.15, -0.1) is 11.3 Å². The highest BCUT2D eigenvalue weighted by molar-refractivity contribution is 7.10. The molecule has 2 nitrogen and oxygen atoms in total. The molecular formula is C12H22N2S. The molecular weight excluding hydrogens is 204 g/mol. The lowest BCUT2D eigenvalue weighted by atomic mass is 10.1. The molecule has 0 fully saturated rings. The number of hydrogen-bond acceptors (Lipinski definition) is 3. The van der Waals surface area contributed by atoms with Crippen LogP contribution in [0, 0.1) is 0 Å². The van der Waals surface area contributed by atoms with Gasteiger partial charge in [-0.05, 0) is 31.8 Å². The Morgan fingerprint density at radius 3 is 2.73 bits per heavy atom. The summed E-state index contributed by atoms with van der Waals surface area (Å²) in [5, 5.41) is 2.12. The molecule has 1 aromatic rings. The molecule has 1 heterocycles. The van der Waals surface area contributed by atoms with Crippen molar-refractivity contribution < 1.29 is 0 Å². The molecule has 2 N–H and O–H groups in total. The van der Waals surface area contributed by atoms with Crippen LogP contribution in [-0.2, 0) is 0 Å². The van der Waals surface area contributed by atoms with Gasteiger partial charge in [0.1, 0.15) is 0 Å². The van der Waals surface area contributed by atoms with Crippen molar-refractivity contribution in [2.75, 3.05) is 13.6 Å². The molecule has 0 saturated heterocycles. The van der Waals surface area contributed by atoms with Crippen LogP contribution in [0.1, 0.15) is 37.6 Å². The summed E-state index contributed by atoms with van der Waals surface area (Å²) in [6.07, 6.45) is 2.46. The lowest BCUT2D eigenvalue weighted by Gasteiger charge is -2.31. The SMILES string of the molecule is CCCC(C)N(C)C(CN)c1cccs1. The van der Waals surface area contributed by atoms with Gasteiger partial charge in [0.15, 0.2) is 0 Å². The van der Waals surface area contributed by atoms with Gasteiger partial charge in [-0.2, -0.15) is 0 Å². The first-order chi connectivity index (χ1) is 7.20. The van der Waals surface area contributed by atoms with E-state index in [0.29, 0.717) is 18.6 Å². The maximum Gasteiger partial charge on any atom is 0.0564 e. The van der Waals surface area contributed by atoms with Crippen molar-refractivity contribution in [3.05, 3.63) is 22.4 Å². The highest BCUT2D eigenvalue weighted by Crippen LogP contribution is 2.25. The minimum Gasteiger partial charge on any atom is -0.329 e. The second-order valence-corrected chi connectivity index (χ2v) is 5.05. The third-order valence-corrected chi connectivity index (χ3v) is 3.96. The van der Waals surface area contributed by atoms with Crippen molar-refractivity contribution in [2.24, 2.45) is 5.73 Å². The quantitative estimate of drug-likeness (QED) is 0.808. The molecule has 0 saturated carbocycles. The zero-order valence-electron chi connectivity index (χ0n) is 9.94. The molecule has 0 amide bonds. The number of hydrogen-bond donors (Lipinski definition) is 1. The molecule has 0 aliphatic heterocycles. The van der Waals surface area contributed by atoms with Crippen LogP contribution >= 0.6 is 11.3 Å². The molecule has 0 radical (unpaired) electrons. The molecule has 15 heavy (non-hydrogen) atoms. The van der Waals surface area contributed by atoms with E-state index in [9.17, 15) is 0 Å². The van der Waals surface area contributed by atoms with E-state index in [-0.39, 0.29) is 0 Å². The summed E-state index contributed by atoms with van der Waals surface area (Å²) >= 11 is 1.80. The van der Waals surface area contributed by atoms with E-state index in [4.69, 9.17) is 5.73 Å². The van der Waals surface area contributed by atoms with E-state index >= 15 is 0 Å². The Morgan fingerprint density at radius 1 is 1.53 bits per heavy atom. The molecule has 2 atom stereocenters. The normalized spacial score (nSPS) is 15.5. The van der Waals surface area contributed by atoms with E-state index in [1.54, 1.807) is 11.3 Å². The molecule has 3 heteroatoms. The summed E-state index contributed by atoms with van der Waals surface area (Å²) in [5.41, 5.74) is 5.86. The van der Waals surface area contributed by atoms with Crippen molar-refractivity contribution in [3.63, 3.8) is 0 Å². The van der Waals surface area contributed by atoms with Gasteiger partial charge in [0.25, 0.3) is 0 Å². The number of nitrogens with zero attached hydrogens (tertiary/aromatic N) is 1. The topological polar surface area (TPSA) is 29.3 Å². The Balaban J connectivity index is 2.66. The third-order valence-electron chi connectivity index (χ3n) is 2.99. The number of rotatable bonds is 6. The summed E-state index contributed by atoms with van der Waals surface area (Å²) in [6, 6.07) is 5.26. The lowest BCUT2D eigenvalue weighted by Crippen LogP contribution is -2.36. The predicted molar refractivity (Wildman–Crippen MR) is 68.2 cm³/mol. The Kier molecular flexibility index (Phi) is 5.29. The van der Waals surface area contributed by atoms with Crippen LogP contribution in [-0.4, -0.2) is 24.5 Å². The van der Waals surface area contributed by atoms with E-state index in [0.717, 1.165) is 0 Å². The fraction of sp³-hybridized carbons (Fsp3) is 0.667. The second kappa shape index (κ2) is 6.26. The summed E-state index contributed by atoms with van der Waals surface area (Å²) < 4.78 is 0. The van der Waals surface area contributed by atoms with Crippen LogP contribution < -0.4 is 5.73 Å². The van der Waals surface area contributed by atoms with E-state index in [1.165, 1.54) is 17.7 Å². The monoisotopic (exact) mass is 226 g/mol. The average Bonchev–Trinajstić information content (AvgIpc) is 2.72. The zero-order chi connectivity index (χ0) is 11.3. The molecule has 2 unspecified atom stereocenters. The average molecular weight is 226 g/mol. The maximum absolute atomic E-state index is 5.86. The van der Waals surface area contributed by atoms with Gasteiger partial charge < -0.3 is 5.73 Å².